The van der Waals surface area contributed by atoms with Crippen LogP contribution in [0.15, 0.2) is 47.8 Å². The van der Waals surface area contributed by atoms with Crippen LogP contribution < -0.4 is 4.90 Å². The van der Waals surface area contributed by atoms with E-state index in [-0.39, 0.29) is 0 Å². The molecule has 0 aliphatic carbocycles. The van der Waals surface area contributed by atoms with Crippen molar-refractivity contribution in [1.82, 2.24) is 19.2 Å². The summed E-state index contributed by atoms with van der Waals surface area (Å²) >= 11 is 7.78. The number of anilines is 1. The van der Waals surface area contributed by atoms with Crippen LogP contribution in [0.3, 0.4) is 0 Å². The van der Waals surface area contributed by atoms with Crippen molar-refractivity contribution < 1.29 is 4.74 Å². The Labute approximate surface area is 186 Å². The van der Waals surface area contributed by atoms with Crippen LogP contribution in [-0.2, 0) is 18.0 Å². The first-order chi connectivity index (χ1) is 14.8. The Hall–Kier alpha value is -2.00. The molecule has 1 atom stereocenters. The molecule has 0 amide bonds. The quantitative estimate of drug-likeness (QED) is 0.537. The molecule has 6 nitrogen and oxygen atoms in total. The van der Waals surface area contributed by atoms with E-state index >= 15 is 0 Å². The zero-order valence-electron chi connectivity index (χ0n) is 17.0. The van der Waals surface area contributed by atoms with E-state index in [2.05, 4.69) is 56.1 Å². The van der Waals surface area contributed by atoms with E-state index < -0.39 is 0 Å². The maximum atomic E-state index is 5.94. The van der Waals surface area contributed by atoms with Gasteiger partial charge >= 0.3 is 0 Å². The molecule has 0 bridgehead atoms. The smallest absolute Gasteiger partial charge is 0.226 e. The van der Waals surface area contributed by atoms with Gasteiger partial charge in [-0.15, -0.1) is 16.4 Å². The summed E-state index contributed by atoms with van der Waals surface area (Å²) in [5.41, 5.74) is 1.24. The second-order valence-electron chi connectivity index (χ2n) is 7.88. The minimum absolute atomic E-state index is 0.470. The maximum absolute atomic E-state index is 5.94. The standard InChI is InChI=1S/C22H27N5OS2/c29-22-26(16-18-6-2-1-3-7-18)21(24-11-13-28-14-12-24)23-27(22)17-25-10-4-8-19(25)20-9-5-15-30-20/h1-3,5-7,9,15,19H,4,8,10-14,16-17H2. The van der Waals surface area contributed by atoms with Crippen LogP contribution in [0, 0.1) is 4.77 Å². The number of thiophene rings is 1. The second kappa shape index (κ2) is 9.01. The van der Waals surface area contributed by atoms with Gasteiger partial charge in [-0.3, -0.25) is 9.47 Å². The summed E-state index contributed by atoms with van der Waals surface area (Å²) in [6.45, 7) is 5.73. The average Bonchev–Trinajstić information content (AvgIpc) is 3.53. The molecular formula is C22H27N5OS2. The minimum Gasteiger partial charge on any atom is -0.378 e. The second-order valence-corrected chi connectivity index (χ2v) is 9.22. The largest absolute Gasteiger partial charge is 0.378 e. The minimum atomic E-state index is 0.470. The SMILES string of the molecule is S=c1n(CN2CCCC2c2cccs2)nc(N2CCOCC2)n1Cc1ccccc1. The number of benzene rings is 1. The van der Waals surface area contributed by atoms with Gasteiger partial charge in [-0.2, -0.15) is 0 Å². The van der Waals surface area contributed by atoms with Gasteiger partial charge < -0.3 is 9.64 Å². The predicted molar refractivity (Wildman–Crippen MR) is 123 cm³/mol. The summed E-state index contributed by atoms with van der Waals surface area (Å²) in [6, 6.07) is 15.4. The van der Waals surface area contributed by atoms with E-state index in [4.69, 9.17) is 22.1 Å². The van der Waals surface area contributed by atoms with Crippen molar-refractivity contribution in [3.63, 3.8) is 0 Å². The molecule has 2 aliphatic heterocycles. The first-order valence-electron chi connectivity index (χ1n) is 10.6. The molecule has 158 valence electrons. The summed E-state index contributed by atoms with van der Waals surface area (Å²) in [7, 11) is 0. The van der Waals surface area contributed by atoms with Crippen LogP contribution in [-0.4, -0.2) is 52.1 Å². The molecule has 0 N–H and O–H groups in total. The molecule has 2 saturated heterocycles. The zero-order valence-corrected chi connectivity index (χ0v) is 18.7. The number of likely N-dealkylation sites (tertiary alicyclic amines) is 1. The number of nitrogens with zero attached hydrogens (tertiary/aromatic N) is 5. The lowest BCUT2D eigenvalue weighted by Crippen LogP contribution is -2.38. The van der Waals surface area contributed by atoms with Crippen molar-refractivity contribution in [3.8, 4) is 0 Å². The fourth-order valence-corrected chi connectivity index (χ4v) is 5.53. The van der Waals surface area contributed by atoms with Gasteiger partial charge in [-0.05, 0) is 42.1 Å². The van der Waals surface area contributed by atoms with Gasteiger partial charge in [0.05, 0.1) is 26.4 Å². The van der Waals surface area contributed by atoms with Crippen LogP contribution in [0.25, 0.3) is 0 Å². The first kappa shape index (κ1) is 19.9. The lowest BCUT2D eigenvalue weighted by Gasteiger charge is -2.27. The van der Waals surface area contributed by atoms with E-state index in [1.165, 1.54) is 23.3 Å². The number of ether oxygens (including phenoxy) is 1. The Kier molecular flexibility index (Phi) is 5.99. The molecule has 2 fully saturated rings. The number of rotatable bonds is 6. The normalized spacial score (nSPS) is 20.1. The highest BCUT2D eigenvalue weighted by atomic mass is 32.1. The van der Waals surface area contributed by atoms with E-state index in [0.29, 0.717) is 6.04 Å². The summed E-state index contributed by atoms with van der Waals surface area (Å²) in [5.74, 6) is 0.957. The van der Waals surface area contributed by atoms with Gasteiger partial charge in [0.1, 0.15) is 0 Å². The Morgan fingerprint density at radius 3 is 2.67 bits per heavy atom. The van der Waals surface area contributed by atoms with E-state index in [9.17, 15) is 0 Å². The van der Waals surface area contributed by atoms with Crippen molar-refractivity contribution in [3.05, 3.63) is 63.1 Å². The molecule has 3 aromatic rings. The molecule has 8 heteroatoms. The molecule has 1 aromatic carbocycles. The summed E-state index contributed by atoms with van der Waals surface area (Å²) in [4.78, 5) is 6.26. The fourth-order valence-electron chi connectivity index (χ4n) is 4.39. The molecule has 30 heavy (non-hydrogen) atoms. The molecule has 0 saturated carbocycles. The summed E-state index contributed by atoms with van der Waals surface area (Å²) < 4.78 is 10.6. The third-order valence-corrected chi connectivity index (χ3v) is 7.34. The third-order valence-electron chi connectivity index (χ3n) is 5.93. The number of hydrogen-bond donors (Lipinski definition) is 0. The Morgan fingerprint density at radius 1 is 1.07 bits per heavy atom. The van der Waals surface area contributed by atoms with Crippen LogP contribution >= 0.6 is 23.6 Å². The van der Waals surface area contributed by atoms with E-state index in [1.807, 2.05) is 22.1 Å². The van der Waals surface area contributed by atoms with Gasteiger partial charge in [0.15, 0.2) is 0 Å². The highest BCUT2D eigenvalue weighted by Crippen LogP contribution is 2.34. The molecular weight excluding hydrogens is 414 g/mol. The Morgan fingerprint density at radius 2 is 1.90 bits per heavy atom. The number of hydrogen-bond acceptors (Lipinski definition) is 6. The molecule has 2 aliphatic rings. The average molecular weight is 442 g/mol. The van der Waals surface area contributed by atoms with Crippen LogP contribution in [0.1, 0.15) is 29.3 Å². The van der Waals surface area contributed by atoms with Gasteiger partial charge in [-0.25, -0.2) is 4.68 Å². The summed E-state index contributed by atoms with van der Waals surface area (Å²) in [6.07, 6.45) is 2.42. The molecule has 0 radical (unpaired) electrons. The van der Waals surface area contributed by atoms with Gasteiger partial charge in [0.25, 0.3) is 0 Å². The molecule has 4 heterocycles. The van der Waals surface area contributed by atoms with Crippen molar-refractivity contribution in [2.75, 3.05) is 37.7 Å². The molecule has 1 unspecified atom stereocenters. The third kappa shape index (κ3) is 4.09. The number of morpholine rings is 1. The van der Waals surface area contributed by atoms with E-state index in [0.717, 1.165) is 56.8 Å². The van der Waals surface area contributed by atoms with Crippen LogP contribution in [0.4, 0.5) is 5.95 Å². The topological polar surface area (TPSA) is 38.5 Å². The molecule has 5 rings (SSSR count). The van der Waals surface area contributed by atoms with Crippen molar-refractivity contribution in [1.29, 1.82) is 0 Å². The van der Waals surface area contributed by atoms with Crippen molar-refractivity contribution in [2.45, 2.75) is 32.1 Å². The number of aromatic nitrogens is 3. The molecule has 0 spiro atoms. The lowest BCUT2D eigenvalue weighted by atomic mass is 10.2. The van der Waals surface area contributed by atoms with Gasteiger partial charge in [0.2, 0.25) is 10.7 Å². The maximum Gasteiger partial charge on any atom is 0.226 e. The highest BCUT2D eigenvalue weighted by molar-refractivity contribution is 7.71. The zero-order chi connectivity index (χ0) is 20.3. The summed E-state index contributed by atoms with van der Waals surface area (Å²) in [5, 5.41) is 7.19. The lowest BCUT2D eigenvalue weighted by molar-refractivity contribution is 0.121. The van der Waals surface area contributed by atoms with E-state index in [1.54, 1.807) is 0 Å². The Bertz CT molecular complexity index is 1010. The fraction of sp³-hybridized carbons (Fsp3) is 0.455. The van der Waals surface area contributed by atoms with Crippen molar-refractivity contribution >= 4 is 29.5 Å². The Balaban J connectivity index is 1.45. The van der Waals surface area contributed by atoms with Gasteiger partial charge in [0, 0.05) is 30.6 Å². The predicted octanol–water partition coefficient (Wildman–Crippen LogP) is 4.16. The van der Waals surface area contributed by atoms with Crippen LogP contribution in [0.5, 0.6) is 0 Å². The first-order valence-corrected chi connectivity index (χ1v) is 11.9. The monoisotopic (exact) mass is 441 g/mol. The molecule has 2 aromatic heterocycles. The van der Waals surface area contributed by atoms with Crippen molar-refractivity contribution in [2.24, 2.45) is 0 Å². The highest BCUT2D eigenvalue weighted by Gasteiger charge is 2.28. The van der Waals surface area contributed by atoms with Gasteiger partial charge in [-0.1, -0.05) is 36.4 Å². The van der Waals surface area contributed by atoms with Crippen LogP contribution in [0.2, 0.25) is 0 Å².